The van der Waals surface area contributed by atoms with Gasteiger partial charge < -0.3 is 21.5 Å². The second kappa shape index (κ2) is 12.0. The molecule has 3 heterocycles. The van der Waals surface area contributed by atoms with Crippen LogP contribution >= 0.6 is 11.6 Å². The maximum atomic E-state index is 13.6. The summed E-state index contributed by atoms with van der Waals surface area (Å²) < 4.78 is 43.1. The molecule has 12 nitrogen and oxygen atoms in total. The Morgan fingerprint density at radius 1 is 1.32 bits per heavy atom. The second-order valence-electron chi connectivity index (χ2n) is 7.33. The average molecular weight is 550 g/mol. The molecular weight excluding hydrogens is 531 g/mol. The number of aromatic nitrogens is 5. The molecule has 3 aromatic heterocycles. The monoisotopic (exact) mass is 549 g/mol. The maximum absolute atomic E-state index is 13.6. The van der Waals surface area contributed by atoms with Gasteiger partial charge in [-0.05, 0) is 18.2 Å². The molecule has 4 aromatic rings. The number of imidazole rings is 1. The largest absolute Gasteiger partial charge is 0.483 e. The van der Waals surface area contributed by atoms with E-state index in [-0.39, 0.29) is 58.8 Å². The van der Waals surface area contributed by atoms with Crippen LogP contribution in [0.15, 0.2) is 43.0 Å². The minimum Gasteiger partial charge on any atom is -0.483 e. The maximum Gasteiger partial charge on any atom is 0.435 e. The molecule has 0 atom stereocenters. The number of hydrogen-bond donors (Lipinski definition) is 4. The van der Waals surface area contributed by atoms with Gasteiger partial charge in [-0.15, -0.1) is 0 Å². The summed E-state index contributed by atoms with van der Waals surface area (Å²) in [4.78, 5) is 29.0. The molecule has 0 fully saturated rings. The number of benzene rings is 1. The zero-order valence-corrected chi connectivity index (χ0v) is 20.0. The van der Waals surface area contributed by atoms with Gasteiger partial charge in [0.1, 0.15) is 6.54 Å². The SMILES string of the molecule is N#CCn1cc(-c2cnc3c(Nc4ccc(C(=O)NCCN)c(Cl)c4)nccn23)c(C(F)(F)F)n1.O=CO. The highest BCUT2D eigenvalue weighted by Crippen LogP contribution is 2.37. The Labute approximate surface area is 217 Å². The van der Waals surface area contributed by atoms with Crippen molar-refractivity contribution in [2.45, 2.75) is 12.7 Å². The van der Waals surface area contributed by atoms with E-state index in [1.165, 1.54) is 35.1 Å². The van der Waals surface area contributed by atoms with Crippen molar-refractivity contribution in [1.29, 1.82) is 5.26 Å². The van der Waals surface area contributed by atoms with E-state index in [1.807, 2.05) is 0 Å². The van der Waals surface area contributed by atoms with E-state index in [1.54, 1.807) is 12.1 Å². The number of fused-ring (bicyclic) bond motifs is 1. The number of carbonyl (C=O) groups excluding carboxylic acids is 1. The topological polar surface area (TPSA) is 176 Å². The number of rotatable bonds is 7. The fourth-order valence-electron chi connectivity index (χ4n) is 3.37. The number of halogens is 4. The molecule has 0 aliphatic carbocycles. The van der Waals surface area contributed by atoms with E-state index in [9.17, 15) is 18.0 Å². The first-order valence-corrected chi connectivity index (χ1v) is 11.0. The second-order valence-corrected chi connectivity index (χ2v) is 7.73. The van der Waals surface area contributed by atoms with Crippen molar-refractivity contribution in [3.05, 3.63) is 59.3 Å². The van der Waals surface area contributed by atoms with Crippen LogP contribution in [0.4, 0.5) is 24.7 Å². The zero-order chi connectivity index (χ0) is 27.9. The van der Waals surface area contributed by atoms with Crippen molar-refractivity contribution in [1.82, 2.24) is 29.5 Å². The first-order chi connectivity index (χ1) is 18.1. The van der Waals surface area contributed by atoms with Crippen LogP contribution in [-0.4, -0.2) is 54.7 Å². The smallest absolute Gasteiger partial charge is 0.435 e. The molecule has 0 radical (unpaired) electrons. The van der Waals surface area contributed by atoms with Crippen molar-refractivity contribution >= 4 is 41.1 Å². The Kier molecular flexibility index (Phi) is 8.84. The molecule has 0 saturated carbocycles. The Hall–Kier alpha value is -4.68. The van der Waals surface area contributed by atoms with Gasteiger partial charge in [0.25, 0.3) is 12.4 Å². The highest BCUT2D eigenvalue weighted by atomic mass is 35.5. The highest BCUT2D eigenvalue weighted by Gasteiger charge is 2.38. The molecule has 0 spiro atoms. The van der Waals surface area contributed by atoms with E-state index >= 15 is 0 Å². The lowest BCUT2D eigenvalue weighted by atomic mass is 10.2. The van der Waals surface area contributed by atoms with Gasteiger partial charge in [0.05, 0.1) is 34.1 Å². The number of amides is 1. The van der Waals surface area contributed by atoms with Crippen LogP contribution < -0.4 is 16.4 Å². The lowest BCUT2D eigenvalue weighted by molar-refractivity contribution is -0.141. The van der Waals surface area contributed by atoms with Crippen LogP contribution in [0.1, 0.15) is 16.1 Å². The minimum absolute atomic E-state index is 0.118. The molecule has 16 heteroatoms. The van der Waals surface area contributed by atoms with Crippen LogP contribution in [-0.2, 0) is 17.5 Å². The van der Waals surface area contributed by atoms with E-state index < -0.39 is 11.9 Å². The minimum atomic E-state index is -4.73. The Bertz CT molecular complexity index is 1490. The standard InChI is InChI=1S/C21H17ClF3N9O.CH2O2/c22-15-9-12(1-2-13(15)20(35)29-5-3-26)31-18-19-30-10-16(34(19)8-6-28-18)14-11-33(7-4-27)32-17(14)21(23,24)25;2-1-3/h1-2,6,8-11H,3,5,7,26H2,(H,28,31)(H,29,35);1H,(H,2,3). The number of nitrogens with zero attached hydrogens (tertiary/aromatic N) is 6. The molecule has 198 valence electrons. The van der Waals surface area contributed by atoms with Gasteiger partial charge in [-0.25, -0.2) is 9.97 Å². The van der Waals surface area contributed by atoms with Crippen LogP contribution in [0.25, 0.3) is 16.9 Å². The van der Waals surface area contributed by atoms with Crippen LogP contribution in [0.3, 0.4) is 0 Å². The molecule has 38 heavy (non-hydrogen) atoms. The molecule has 5 N–H and O–H groups in total. The van der Waals surface area contributed by atoms with Gasteiger partial charge in [-0.1, -0.05) is 11.6 Å². The first kappa shape index (κ1) is 27.9. The third kappa shape index (κ3) is 6.17. The number of carbonyl (C=O) groups is 2. The van der Waals surface area contributed by atoms with E-state index in [2.05, 4.69) is 25.7 Å². The van der Waals surface area contributed by atoms with Crippen molar-refractivity contribution in [3.8, 4) is 17.3 Å². The number of nitriles is 1. The van der Waals surface area contributed by atoms with Crippen LogP contribution in [0, 0.1) is 11.3 Å². The third-order valence-electron chi connectivity index (χ3n) is 4.87. The highest BCUT2D eigenvalue weighted by molar-refractivity contribution is 6.34. The summed E-state index contributed by atoms with van der Waals surface area (Å²) in [6.07, 6.45) is 0.537. The summed E-state index contributed by atoms with van der Waals surface area (Å²) in [6, 6.07) is 6.41. The molecule has 0 aliphatic heterocycles. The van der Waals surface area contributed by atoms with Gasteiger partial charge >= 0.3 is 6.18 Å². The zero-order valence-electron chi connectivity index (χ0n) is 19.3. The molecule has 0 bridgehead atoms. The number of nitrogens with two attached hydrogens (primary N) is 1. The molecule has 1 amide bonds. The summed E-state index contributed by atoms with van der Waals surface area (Å²) in [6.45, 7) is -0.00150. The molecule has 0 aliphatic rings. The van der Waals surface area contributed by atoms with Gasteiger partial charge in [-0.3, -0.25) is 18.7 Å². The fraction of sp³-hybridized carbons (Fsp3) is 0.182. The molecular formula is C22H19ClF3N9O3. The number of nitrogens with one attached hydrogen (secondary N) is 2. The molecule has 4 rings (SSSR count). The quantitative estimate of drug-likeness (QED) is 0.252. The van der Waals surface area contributed by atoms with Gasteiger partial charge in [0.2, 0.25) is 0 Å². The molecule has 0 unspecified atom stereocenters. The van der Waals surface area contributed by atoms with Gasteiger partial charge in [-0.2, -0.15) is 23.5 Å². The summed E-state index contributed by atoms with van der Waals surface area (Å²) in [7, 11) is 0. The summed E-state index contributed by atoms with van der Waals surface area (Å²) in [5, 5.41) is 25.1. The summed E-state index contributed by atoms with van der Waals surface area (Å²) in [5.74, 6) is -0.129. The van der Waals surface area contributed by atoms with Crippen molar-refractivity contribution in [3.63, 3.8) is 0 Å². The average Bonchev–Trinajstić information content (AvgIpc) is 3.48. The van der Waals surface area contributed by atoms with Crippen LogP contribution in [0.5, 0.6) is 0 Å². The lowest BCUT2D eigenvalue weighted by Crippen LogP contribution is -2.29. The number of alkyl halides is 3. The predicted octanol–water partition coefficient (Wildman–Crippen LogP) is 2.92. The molecule has 0 saturated heterocycles. The van der Waals surface area contributed by atoms with Gasteiger partial charge in [0.15, 0.2) is 17.2 Å². The summed E-state index contributed by atoms with van der Waals surface area (Å²) in [5.41, 5.74) is 5.12. The fourth-order valence-corrected chi connectivity index (χ4v) is 3.64. The van der Waals surface area contributed by atoms with E-state index in [0.29, 0.717) is 12.2 Å². The molecule has 1 aromatic carbocycles. The van der Waals surface area contributed by atoms with Crippen LogP contribution in [0.2, 0.25) is 5.02 Å². The number of hydrogen-bond acceptors (Lipinski definition) is 8. The Morgan fingerprint density at radius 2 is 2.05 bits per heavy atom. The third-order valence-corrected chi connectivity index (χ3v) is 5.19. The number of anilines is 2. The Balaban J connectivity index is 0.00000127. The number of carboxylic acid groups (broad SMARTS) is 1. The predicted molar refractivity (Wildman–Crippen MR) is 130 cm³/mol. The van der Waals surface area contributed by atoms with Crippen molar-refractivity contribution in [2.75, 3.05) is 18.4 Å². The first-order valence-electron chi connectivity index (χ1n) is 10.6. The normalized spacial score (nSPS) is 10.8. The van der Waals surface area contributed by atoms with E-state index in [4.69, 9.17) is 32.5 Å². The van der Waals surface area contributed by atoms with Crippen molar-refractivity contribution < 1.29 is 27.9 Å². The lowest BCUT2D eigenvalue weighted by Gasteiger charge is -2.10. The summed E-state index contributed by atoms with van der Waals surface area (Å²) >= 11 is 6.25. The van der Waals surface area contributed by atoms with E-state index in [0.717, 1.165) is 10.9 Å². The van der Waals surface area contributed by atoms with Gasteiger partial charge in [0, 0.05) is 37.4 Å². The Morgan fingerprint density at radius 3 is 2.68 bits per heavy atom. The van der Waals surface area contributed by atoms with Crippen molar-refractivity contribution in [2.24, 2.45) is 5.73 Å².